The number of hydrogen-bond acceptors (Lipinski definition) is 6. The number of hydroxylamine groups is 1. The van der Waals surface area contributed by atoms with E-state index in [0.29, 0.717) is 54.2 Å². The summed E-state index contributed by atoms with van der Waals surface area (Å²) in [6.07, 6.45) is 2.79. The molecule has 4 rings (SSSR count). The van der Waals surface area contributed by atoms with E-state index in [0.717, 1.165) is 0 Å². The number of carbonyl (C=O) groups excluding carboxylic acids is 1. The fraction of sp³-hybridized carbons (Fsp3) is 0.273. The third kappa shape index (κ3) is 5.21. The topological polar surface area (TPSA) is 148 Å². The molecule has 1 heterocycles. The molecule has 0 atom stereocenters. The van der Waals surface area contributed by atoms with Gasteiger partial charge in [-0.05, 0) is 74.2 Å². The number of hydrogen-bond donors (Lipinski definition) is 4. The van der Waals surface area contributed by atoms with E-state index in [-0.39, 0.29) is 22.7 Å². The number of amides is 2. The zero-order chi connectivity index (χ0) is 23.6. The van der Waals surface area contributed by atoms with Gasteiger partial charge in [0.2, 0.25) is 10.0 Å². The molecule has 5 N–H and O–H groups in total. The summed E-state index contributed by atoms with van der Waals surface area (Å²) in [5.74, 6) is 0.596. The van der Waals surface area contributed by atoms with Gasteiger partial charge in [-0.15, -0.1) is 0 Å². The minimum Gasteiger partial charge on any atom is -0.440 e. The van der Waals surface area contributed by atoms with E-state index in [1.54, 1.807) is 29.7 Å². The van der Waals surface area contributed by atoms with Gasteiger partial charge < -0.3 is 9.73 Å². The first-order chi connectivity index (χ1) is 15.7. The van der Waals surface area contributed by atoms with Crippen molar-refractivity contribution in [2.45, 2.75) is 42.5 Å². The third-order valence-corrected chi connectivity index (χ3v) is 6.65. The standard InChI is InChI=1S/C22H23FN4O5S/c23-16-7-1-13(2-8-16)19-20(14-5-11-18(12-6-14)33(24,30)31)32-21(26-19)15-3-9-17(10-4-15)25-22(28)27-29/h1-2,5-8,11-12,15,17,29H,3-4,9-10H2,(H2,24,30,31)(H2,25,27,28). The largest absolute Gasteiger partial charge is 0.440 e. The number of aromatic nitrogens is 1. The lowest BCUT2D eigenvalue weighted by Crippen LogP contribution is -2.42. The van der Waals surface area contributed by atoms with Crippen LogP contribution >= 0.6 is 0 Å². The van der Waals surface area contributed by atoms with Crippen LogP contribution in [0.3, 0.4) is 0 Å². The molecule has 0 radical (unpaired) electrons. The Kier molecular flexibility index (Phi) is 6.45. The Morgan fingerprint density at radius 1 is 1.03 bits per heavy atom. The van der Waals surface area contributed by atoms with Crippen molar-refractivity contribution < 1.29 is 27.2 Å². The van der Waals surface area contributed by atoms with Gasteiger partial charge in [-0.25, -0.2) is 33.2 Å². The number of carbonyl (C=O) groups is 1. The summed E-state index contributed by atoms with van der Waals surface area (Å²) in [6, 6.07) is 11.1. The summed E-state index contributed by atoms with van der Waals surface area (Å²) >= 11 is 0. The molecule has 2 amide bonds. The minimum absolute atomic E-state index is 0.0110. The van der Waals surface area contributed by atoms with Gasteiger partial charge in [0.1, 0.15) is 11.5 Å². The molecule has 9 nitrogen and oxygen atoms in total. The van der Waals surface area contributed by atoms with E-state index in [2.05, 4.69) is 5.32 Å². The Bertz CT molecular complexity index is 1230. The predicted octanol–water partition coefficient (Wildman–Crippen LogP) is 3.51. The van der Waals surface area contributed by atoms with Gasteiger partial charge in [-0.1, -0.05) is 0 Å². The van der Waals surface area contributed by atoms with Crippen LogP contribution in [0.25, 0.3) is 22.6 Å². The summed E-state index contributed by atoms with van der Waals surface area (Å²) < 4.78 is 42.8. The molecule has 3 aromatic rings. The molecule has 1 aliphatic carbocycles. The first-order valence-corrected chi connectivity index (χ1v) is 11.9. The molecule has 11 heteroatoms. The van der Waals surface area contributed by atoms with Crippen molar-refractivity contribution >= 4 is 16.1 Å². The van der Waals surface area contributed by atoms with Crippen LogP contribution in [-0.4, -0.2) is 30.7 Å². The molecule has 0 spiro atoms. The molecule has 1 aromatic heterocycles. The number of halogens is 1. The molecule has 0 aliphatic heterocycles. The van der Waals surface area contributed by atoms with Crippen molar-refractivity contribution in [3.05, 3.63) is 60.2 Å². The molecular weight excluding hydrogens is 451 g/mol. The van der Waals surface area contributed by atoms with Crippen LogP contribution in [0.1, 0.15) is 37.5 Å². The van der Waals surface area contributed by atoms with Gasteiger partial charge in [0.25, 0.3) is 0 Å². The SMILES string of the molecule is NS(=O)(=O)c1ccc(-c2oc(C3CCC(NC(=O)NO)CC3)nc2-c2ccc(F)cc2)cc1. The molecule has 1 aliphatic rings. The van der Waals surface area contributed by atoms with Gasteiger partial charge in [0, 0.05) is 23.1 Å². The highest BCUT2D eigenvalue weighted by atomic mass is 32.2. The summed E-state index contributed by atoms with van der Waals surface area (Å²) in [5, 5.41) is 16.5. The normalized spacial score (nSPS) is 18.6. The number of rotatable bonds is 5. The van der Waals surface area contributed by atoms with Crippen LogP contribution in [0, 0.1) is 5.82 Å². The van der Waals surface area contributed by atoms with Crippen molar-refractivity contribution in [3.8, 4) is 22.6 Å². The number of oxazole rings is 1. The van der Waals surface area contributed by atoms with E-state index in [1.165, 1.54) is 24.3 Å². The number of nitrogens with zero attached hydrogens (tertiary/aromatic N) is 1. The van der Waals surface area contributed by atoms with E-state index in [4.69, 9.17) is 19.7 Å². The molecule has 174 valence electrons. The highest BCUT2D eigenvalue weighted by Crippen LogP contribution is 2.39. The molecule has 1 saturated carbocycles. The second kappa shape index (κ2) is 9.30. The highest BCUT2D eigenvalue weighted by Gasteiger charge is 2.28. The summed E-state index contributed by atoms with van der Waals surface area (Å²) in [6.45, 7) is 0. The van der Waals surface area contributed by atoms with Crippen LogP contribution in [0.4, 0.5) is 9.18 Å². The maximum atomic E-state index is 13.5. The Morgan fingerprint density at radius 3 is 2.21 bits per heavy atom. The van der Waals surface area contributed by atoms with Gasteiger partial charge in [-0.3, -0.25) is 5.21 Å². The number of sulfonamides is 1. The smallest absolute Gasteiger partial charge is 0.338 e. The van der Waals surface area contributed by atoms with Crippen molar-refractivity contribution in [2.75, 3.05) is 0 Å². The van der Waals surface area contributed by atoms with E-state index < -0.39 is 16.1 Å². The molecule has 0 unspecified atom stereocenters. The molecule has 0 saturated heterocycles. The Morgan fingerprint density at radius 2 is 1.64 bits per heavy atom. The van der Waals surface area contributed by atoms with Crippen LogP contribution in [0.15, 0.2) is 57.8 Å². The van der Waals surface area contributed by atoms with Crippen LogP contribution < -0.4 is 15.9 Å². The van der Waals surface area contributed by atoms with Crippen molar-refractivity contribution in [3.63, 3.8) is 0 Å². The number of benzene rings is 2. The first kappa shape index (κ1) is 22.9. The molecular formula is C22H23FN4O5S. The fourth-order valence-electron chi connectivity index (χ4n) is 4.01. The predicted molar refractivity (Wildman–Crippen MR) is 117 cm³/mol. The van der Waals surface area contributed by atoms with E-state index in [1.807, 2.05) is 0 Å². The molecule has 1 fully saturated rings. The lowest BCUT2D eigenvalue weighted by atomic mass is 9.86. The van der Waals surface area contributed by atoms with Crippen LogP contribution in [0.2, 0.25) is 0 Å². The van der Waals surface area contributed by atoms with E-state index in [9.17, 15) is 17.6 Å². The number of nitrogens with two attached hydrogens (primary N) is 1. The maximum absolute atomic E-state index is 13.5. The molecule has 0 bridgehead atoms. The average Bonchev–Trinajstić information content (AvgIpc) is 3.25. The van der Waals surface area contributed by atoms with Gasteiger partial charge in [0.05, 0.1) is 4.90 Å². The van der Waals surface area contributed by atoms with Crippen molar-refractivity contribution in [1.82, 2.24) is 15.8 Å². The second-order valence-corrected chi connectivity index (χ2v) is 9.50. The third-order valence-electron chi connectivity index (χ3n) is 5.72. The van der Waals surface area contributed by atoms with Crippen molar-refractivity contribution in [1.29, 1.82) is 0 Å². The minimum atomic E-state index is -3.83. The lowest BCUT2D eigenvalue weighted by Gasteiger charge is -2.27. The van der Waals surface area contributed by atoms with Crippen molar-refractivity contribution in [2.24, 2.45) is 5.14 Å². The van der Waals surface area contributed by atoms with Crippen LogP contribution in [0.5, 0.6) is 0 Å². The average molecular weight is 475 g/mol. The summed E-state index contributed by atoms with van der Waals surface area (Å²) in [5.41, 5.74) is 3.35. The number of urea groups is 1. The summed E-state index contributed by atoms with van der Waals surface area (Å²) in [7, 11) is -3.83. The van der Waals surface area contributed by atoms with Gasteiger partial charge >= 0.3 is 6.03 Å². The van der Waals surface area contributed by atoms with Gasteiger partial charge in [-0.2, -0.15) is 0 Å². The Labute approximate surface area is 189 Å². The quantitative estimate of drug-likeness (QED) is 0.329. The summed E-state index contributed by atoms with van der Waals surface area (Å²) in [4.78, 5) is 16.0. The highest BCUT2D eigenvalue weighted by molar-refractivity contribution is 7.89. The second-order valence-electron chi connectivity index (χ2n) is 7.94. The lowest BCUT2D eigenvalue weighted by molar-refractivity contribution is 0.156. The first-order valence-electron chi connectivity index (χ1n) is 10.3. The number of nitrogens with one attached hydrogen (secondary N) is 2. The zero-order valence-electron chi connectivity index (χ0n) is 17.5. The van der Waals surface area contributed by atoms with E-state index >= 15 is 0 Å². The number of primary sulfonamides is 1. The monoisotopic (exact) mass is 474 g/mol. The van der Waals surface area contributed by atoms with Crippen LogP contribution in [-0.2, 0) is 10.0 Å². The zero-order valence-corrected chi connectivity index (χ0v) is 18.3. The maximum Gasteiger partial charge on any atom is 0.338 e. The Hall–Kier alpha value is -3.28. The fourth-order valence-corrected chi connectivity index (χ4v) is 4.52. The van der Waals surface area contributed by atoms with Gasteiger partial charge in [0.15, 0.2) is 11.7 Å². The molecule has 33 heavy (non-hydrogen) atoms. The Balaban J connectivity index is 1.65. The molecule has 2 aromatic carbocycles.